The molecule has 1 amide bonds. The van der Waals surface area contributed by atoms with Crippen LogP contribution in [-0.4, -0.2) is 52.5 Å². The summed E-state index contributed by atoms with van der Waals surface area (Å²) in [6.45, 7) is 9.98. The topological polar surface area (TPSA) is 86.9 Å². The molecule has 0 bridgehead atoms. The zero-order valence-electron chi connectivity index (χ0n) is 19.8. The minimum absolute atomic E-state index is 0.0845. The number of ether oxygens (including phenoxy) is 1. The van der Waals surface area contributed by atoms with Crippen LogP contribution in [0.2, 0.25) is 0 Å². The Hall–Kier alpha value is -2.39. The van der Waals surface area contributed by atoms with Gasteiger partial charge in [0.1, 0.15) is 12.3 Å². The van der Waals surface area contributed by atoms with Crippen LogP contribution in [0.3, 0.4) is 0 Å². The third kappa shape index (κ3) is 4.28. The van der Waals surface area contributed by atoms with Gasteiger partial charge in [-0.05, 0) is 53.5 Å². The molecule has 172 valence electrons. The monoisotopic (exact) mass is 441 g/mol. The van der Waals surface area contributed by atoms with Gasteiger partial charge in [0.05, 0.1) is 22.5 Å². The van der Waals surface area contributed by atoms with Crippen LogP contribution in [0.5, 0.6) is 0 Å². The van der Waals surface area contributed by atoms with Gasteiger partial charge in [0.2, 0.25) is 0 Å². The van der Waals surface area contributed by atoms with Crippen molar-refractivity contribution < 1.29 is 23.4 Å². The van der Waals surface area contributed by atoms with Crippen LogP contribution in [0.15, 0.2) is 22.9 Å². The minimum atomic E-state index is -0.482. The smallest absolute Gasteiger partial charge is 0.444 e. The molecule has 0 unspecified atom stereocenters. The second-order valence-corrected chi connectivity index (χ2v) is 9.74. The fourth-order valence-electron chi connectivity index (χ4n) is 4.09. The lowest BCUT2D eigenvalue weighted by Crippen LogP contribution is -2.41. The summed E-state index contributed by atoms with van der Waals surface area (Å²) in [5.74, 6) is 0.499. The van der Waals surface area contributed by atoms with Gasteiger partial charge in [-0.25, -0.2) is 4.79 Å². The molecule has 1 aliphatic heterocycles. The lowest BCUT2D eigenvalue weighted by Gasteiger charge is -2.32. The molecule has 0 aromatic carbocycles. The number of aromatic nitrogens is 2. The van der Waals surface area contributed by atoms with Gasteiger partial charge in [-0.3, -0.25) is 4.98 Å². The van der Waals surface area contributed by atoms with Gasteiger partial charge in [0.15, 0.2) is 5.76 Å². The van der Waals surface area contributed by atoms with Gasteiger partial charge < -0.3 is 23.5 Å². The molecular weight excluding hydrogens is 409 g/mol. The second-order valence-electron chi connectivity index (χ2n) is 9.74. The lowest BCUT2D eigenvalue weighted by atomic mass is 9.80. The molecule has 2 aliphatic rings. The first kappa shape index (κ1) is 22.8. The average Bonchev–Trinajstić information content (AvgIpc) is 3.45. The summed E-state index contributed by atoms with van der Waals surface area (Å²) in [5, 5.41) is 4.06. The number of rotatable bonds is 5. The molecule has 0 N–H and O–H groups in total. The SMILES string of the molecule is Cc1noc(-c2ccc(B3OC(C)(C)C(C)(C)O3)cn2)c1COC(=O)N(C)C1CCCC1. The van der Waals surface area contributed by atoms with Crippen LogP contribution in [0.1, 0.15) is 64.6 Å². The molecule has 4 rings (SSSR count). The van der Waals surface area contributed by atoms with Gasteiger partial charge in [-0.2, -0.15) is 0 Å². The van der Waals surface area contributed by atoms with Gasteiger partial charge >= 0.3 is 13.2 Å². The Labute approximate surface area is 189 Å². The number of pyridine rings is 1. The van der Waals surface area contributed by atoms with E-state index in [0.29, 0.717) is 22.7 Å². The maximum Gasteiger partial charge on any atom is 0.496 e. The van der Waals surface area contributed by atoms with Crippen molar-refractivity contribution in [1.82, 2.24) is 15.0 Å². The van der Waals surface area contributed by atoms with Crippen LogP contribution in [0.25, 0.3) is 11.5 Å². The van der Waals surface area contributed by atoms with Gasteiger partial charge in [-0.15, -0.1) is 0 Å². The van der Waals surface area contributed by atoms with Crippen molar-refractivity contribution in [3.05, 3.63) is 29.6 Å². The molecule has 0 radical (unpaired) electrons. The molecule has 0 atom stereocenters. The van der Waals surface area contributed by atoms with E-state index in [4.69, 9.17) is 18.6 Å². The Kier molecular flexibility index (Phi) is 6.07. The van der Waals surface area contributed by atoms with Gasteiger partial charge in [0.25, 0.3) is 0 Å². The molecule has 3 heterocycles. The first-order valence-corrected chi connectivity index (χ1v) is 11.3. The summed E-state index contributed by atoms with van der Waals surface area (Å²) >= 11 is 0. The standard InChI is InChI=1S/C23H32BN3O5/c1-15-18(14-29-21(28)27(6)17-9-7-8-10-17)20(30-26-15)19-12-11-16(13-25-19)24-31-22(2,3)23(4,5)32-24/h11-13,17H,7-10,14H2,1-6H3. The second kappa shape index (κ2) is 8.52. The number of hydrogen-bond acceptors (Lipinski definition) is 7. The molecule has 1 saturated carbocycles. The van der Waals surface area contributed by atoms with Crippen LogP contribution in [-0.2, 0) is 20.7 Å². The summed E-state index contributed by atoms with van der Waals surface area (Å²) in [4.78, 5) is 18.7. The first-order valence-electron chi connectivity index (χ1n) is 11.3. The molecule has 1 aliphatic carbocycles. The van der Waals surface area contributed by atoms with E-state index in [1.807, 2.05) is 46.8 Å². The molecule has 8 nitrogen and oxygen atoms in total. The van der Waals surface area contributed by atoms with Crippen LogP contribution >= 0.6 is 0 Å². The number of nitrogens with zero attached hydrogens (tertiary/aromatic N) is 3. The van der Waals surface area contributed by atoms with E-state index in [9.17, 15) is 4.79 Å². The fourth-order valence-corrected chi connectivity index (χ4v) is 4.09. The third-order valence-corrected chi connectivity index (χ3v) is 7.03. The van der Waals surface area contributed by atoms with Crippen molar-refractivity contribution in [2.45, 2.75) is 84.2 Å². The average molecular weight is 441 g/mol. The number of carbonyl (C=O) groups excluding carboxylic acids is 1. The van der Waals surface area contributed by atoms with Crippen molar-refractivity contribution in [2.24, 2.45) is 0 Å². The highest BCUT2D eigenvalue weighted by Crippen LogP contribution is 2.36. The molecule has 2 aromatic rings. The third-order valence-electron chi connectivity index (χ3n) is 7.03. The molecule has 0 spiro atoms. The Bertz CT molecular complexity index is 951. The molecule has 9 heteroatoms. The lowest BCUT2D eigenvalue weighted by molar-refractivity contribution is 0.00578. The summed E-state index contributed by atoms with van der Waals surface area (Å²) in [6.07, 6.45) is 5.77. The molecule has 2 aromatic heterocycles. The highest BCUT2D eigenvalue weighted by molar-refractivity contribution is 6.62. The predicted molar refractivity (Wildman–Crippen MR) is 120 cm³/mol. The summed E-state index contributed by atoms with van der Waals surface area (Å²) < 4.78 is 23.3. The summed E-state index contributed by atoms with van der Waals surface area (Å²) in [5.41, 5.74) is 2.00. The fraction of sp³-hybridized carbons (Fsp3) is 0.609. The largest absolute Gasteiger partial charge is 0.496 e. The Morgan fingerprint density at radius 1 is 1.19 bits per heavy atom. The van der Waals surface area contributed by atoms with Crippen molar-refractivity contribution in [2.75, 3.05) is 7.05 Å². The Morgan fingerprint density at radius 2 is 1.84 bits per heavy atom. The maximum atomic E-state index is 12.5. The zero-order chi connectivity index (χ0) is 23.1. The van der Waals surface area contributed by atoms with Crippen molar-refractivity contribution >= 4 is 18.7 Å². The number of aryl methyl sites for hydroxylation is 1. The maximum absolute atomic E-state index is 12.5. The van der Waals surface area contributed by atoms with E-state index in [0.717, 1.165) is 31.1 Å². The van der Waals surface area contributed by atoms with Crippen molar-refractivity contribution in [3.8, 4) is 11.5 Å². The highest BCUT2D eigenvalue weighted by Gasteiger charge is 2.51. The van der Waals surface area contributed by atoms with Gasteiger partial charge in [0, 0.05) is 24.7 Å². The Morgan fingerprint density at radius 3 is 2.44 bits per heavy atom. The number of carbonyl (C=O) groups is 1. The normalized spacial score (nSPS) is 20.0. The first-order chi connectivity index (χ1) is 15.1. The van der Waals surface area contributed by atoms with Crippen LogP contribution in [0.4, 0.5) is 4.79 Å². The van der Waals surface area contributed by atoms with E-state index in [1.165, 1.54) is 0 Å². The van der Waals surface area contributed by atoms with Crippen LogP contribution in [0, 0.1) is 6.92 Å². The van der Waals surface area contributed by atoms with Gasteiger partial charge in [-0.1, -0.05) is 24.1 Å². The van der Waals surface area contributed by atoms with E-state index in [1.54, 1.807) is 18.1 Å². The van der Waals surface area contributed by atoms with E-state index in [-0.39, 0.29) is 18.7 Å². The minimum Gasteiger partial charge on any atom is -0.444 e. The molecule has 32 heavy (non-hydrogen) atoms. The number of hydrogen-bond donors (Lipinski definition) is 0. The van der Waals surface area contributed by atoms with E-state index in [2.05, 4.69) is 10.1 Å². The summed E-state index contributed by atoms with van der Waals surface area (Å²) in [7, 11) is 1.32. The predicted octanol–water partition coefficient (Wildman–Crippen LogP) is 3.86. The highest BCUT2D eigenvalue weighted by atomic mass is 16.7. The number of amides is 1. The van der Waals surface area contributed by atoms with Crippen molar-refractivity contribution in [3.63, 3.8) is 0 Å². The Balaban J connectivity index is 1.45. The van der Waals surface area contributed by atoms with Crippen LogP contribution < -0.4 is 5.46 Å². The quantitative estimate of drug-likeness (QED) is 0.652. The molecule has 2 fully saturated rings. The zero-order valence-corrected chi connectivity index (χ0v) is 19.8. The summed E-state index contributed by atoms with van der Waals surface area (Å²) in [6, 6.07) is 4.01. The van der Waals surface area contributed by atoms with E-state index >= 15 is 0 Å². The van der Waals surface area contributed by atoms with Crippen molar-refractivity contribution in [1.29, 1.82) is 0 Å². The molecular formula is C23H32BN3O5. The molecule has 1 saturated heterocycles. The van der Waals surface area contributed by atoms with E-state index < -0.39 is 18.3 Å².